The molecule has 0 saturated carbocycles. The van der Waals surface area contributed by atoms with Crippen LogP contribution in [-0.2, 0) is 15.9 Å². The number of aryl methyl sites for hydroxylation is 1. The summed E-state index contributed by atoms with van der Waals surface area (Å²) in [5.41, 5.74) is 0. The third-order valence-corrected chi connectivity index (χ3v) is 4.84. The molecular weight excluding hydrogens is 250 g/mol. The Hall–Kier alpha value is -0.520. The van der Waals surface area contributed by atoms with Crippen LogP contribution in [-0.4, -0.2) is 25.8 Å². The molecule has 1 aromatic heterocycles. The number of alkyl halides is 1. The summed E-state index contributed by atoms with van der Waals surface area (Å²) in [6.07, 6.45) is 0. The predicted molar refractivity (Wildman–Crippen MR) is 63.1 cm³/mol. The Morgan fingerprint density at radius 1 is 1.50 bits per heavy atom. The van der Waals surface area contributed by atoms with Crippen LogP contribution in [0.4, 0.5) is 0 Å². The number of hydrogen-bond acceptors (Lipinski definition) is 3. The summed E-state index contributed by atoms with van der Waals surface area (Å²) in [6.45, 7) is 5.25. The monoisotopic (exact) mass is 265 g/mol. The molecule has 0 amide bonds. The fourth-order valence-electron chi connectivity index (χ4n) is 1.28. The second-order valence-corrected chi connectivity index (χ2v) is 6.11. The minimum Gasteiger partial charge on any atom is -0.464 e. The maximum atomic E-state index is 12.1. The molecule has 92 valence electrons. The predicted octanol–water partition coefficient (Wildman–Crippen LogP) is 2.36. The zero-order chi connectivity index (χ0) is 12.5. The highest BCUT2D eigenvalue weighted by Gasteiger charge is 2.27. The zero-order valence-electron chi connectivity index (χ0n) is 9.82. The first-order valence-electron chi connectivity index (χ1n) is 4.94. The number of rotatable bonds is 4. The lowest BCUT2D eigenvalue weighted by molar-refractivity contribution is 0.408. The smallest absolute Gasteiger partial charge is 0.246 e. The zero-order valence-corrected chi connectivity index (χ0v) is 11.4. The molecule has 0 saturated heterocycles. The van der Waals surface area contributed by atoms with E-state index in [1.807, 2.05) is 13.8 Å². The minimum absolute atomic E-state index is 0.0984. The van der Waals surface area contributed by atoms with Gasteiger partial charge in [0.15, 0.2) is 0 Å². The third-order valence-electron chi connectivity index (χ3n) is 2.44. The summed E-state index contributed by atoms with van der Waals surface area (Å²) < 4.78 is 30.8. The van der Waals surface area contributed by atoms with E-state index in [-0.39, 0.29) is 16.8 Å². The second kappa shape index (κ2) is 4.77. The van der Waals surface area contributed by atoms with Crippen molar-refractivity contribution < 1.29 is 12.8 Å². The normalized spacial score (nSPS) is 12.7. The van der Waals surface area contributed by atoms with Crippen molar-refractivity contribution in [2.75, 3.05) is 7.05 Å². The summed E-state index contributed by atoms with van der Waals surface area (Å²) in [7, 11) is -1.93. The van der Waals surface area contributed by atoms with Crippen molar-refractivity contribution in [3.63, 3.8) is 0 Å². The largest absolute Gasteiger partial charge is 0.464 e. The van der Waals surface area contributed by atoms with Gasteiger partial charge in [0.05, 0.1) is 5.88 Å². The molecule has 0 bridgehead atoms. The minimum atomic E-state index is -3.48. The average Bonchev–Trinajstić information content (AvgIpc) is 2.58. The number of nitrogens with zero attached hydrogens (tertiary/aromatic N) is 1. The van der Waals surface area contributed by atoms with Crippen LogP contribution in [0.15, 0.2) is 15.4 Å². The molecule has 0 N–H and O–H groups in total. The molecule has 1 aromatic rings. The van der Waals surface area contributed by atoms with Gasteiger partial charge in [-0.15, -0.1) is 11.6 Å². The van der Waals surface area contributed by atoms with E-state index in [1.54, 1.807) is 14.0 Å². The summed E-state index contributed by atoms with van der Waals surface area (Å²) in [5.74, 6) is 1.01. The molecule has 0 aliphatic rings. The van der Waals surface area contributed by atoms with Crippen molar-refractivity contribution in [3.8, 4) is 0 Å². The number of halogens is 1. The van der Waals surface area contributed by atoms with Crippen molar-refractivity contribution in [3.05, 3.63) is 17.6 Å². The van der Waals surface area contributed by atoms with Crippen LogP contribution >= 0.6 is 11.6 Å². The van der Waals surface area contributed by atoms with Crippen LogP contribution in [0.1, 0.15) is 25.4 Å². The Bertz CT molecular complexity index is 464. The molecule has 6 heteroatoms. The van der Waals surface area contributed by atoms with Crippen LogP contribution in [0.25, 0.3) is 0 Å². The Morgan fingerprint density at radius 3 is 2.44 bits per heavy atom. The molecule has 0 unspecified atom stereocenters. The first-order chi connectivity index (χ1) is 7.30. The van der Waals surface area contributed by atoms with Gasteiger partial charge >= 0.3 is 0 Å². The van der Waals surface area contributed by atoms with E-state index in [9.17, 15) is 8.42 Å². The fourth-order valence-corrected chi connectivity index (χ4v) is 2.96. The molecule has 0 fully saturated rings. The van der Waals surface area contributed by atoms with Gasteiger partial charge in [0.25, 0.3) is 0 Å². The van der Waals surface area contributed by atoms with E-state index < -0.39 is 10.0 Å². The highest BCUT2D eigenvalue weighted by molar-refractivity contribution is 7.89. The summed E-state index contributed by atoms with van der Waals surface area (Å²) in [4.78, 5) is 0.194. The Morgan fingerprint density at radius 2 is 2.06 bits per heavy atom. The van der Waals surface area contributed by atoms with Gasteiger partial charge < -0.3 is 4.42 Å². The van der Waals surface area contributed by atoms with Crippen molar-refractivity contribution in [1.82, 2.24) is 4.31 Å². The standard InChI is InChI=1S/C10H16ClNO3S/c1-7(2)12(4)16(13,14)10-5-9(6-11)15-8(10)3/h5,7H,6H2,1-4H3. The van der Waals surface area contributed by atoms with Gasteiger partial charge in [-0.05, 0) is 20.8 Å². The van der Waals surface area contributed by atoms with Gasteiger partial charge in [0.2, 0.25) is 10.0 Å². The first kappa shape index (κ1) is 13.5. The van der Waals surface area contributed by atoms with Gasteiger partial charge in [-0.2, -0.15) is 4.31 Å². The summed E-state index contributed by atoms with van der Waals surface area (Å²) in [6, 6.07) is 1.38. The highest BCUT2D eigenvalue weighted by atomic mass is 35.5. The molecule has 0 aromatic carbocycles. The van der Waals surface area contributed by atoms with E-state index >= 15 is 0 Å². The van der Waals surface area contributed by atoms with Gasteiger partial charge in [-0.25, -0.2) is 8.42 Å². The molecule has 1 heterocycles. The molecular formula is C10H16ClNO3S. The van der Waals surface area contributed by atoms with Gasteiger partial charge in [-0.3, -0.25) is 0 Å². The quantitative estimate of drug-likeness (QED) is 0.786. The first-order valence-corrected chi connectivity index (χ1v) is 6.91. The molecule has 0 spiro atoms. The molecule has 0 atom stereocenters. The van der Waals surface area contributed by atoms with E-state index in [0.717, 1.165) is 0 Å². The van der Waals surface area contributed by atoms with E-state index in [0.29, 0.717) is 11.5 Å². The maximum absolute atomic E-state index is 12.1. The van der Waals surface area contributed by atoms with E-state index in [4.69, 9.17) is 16.0 Å². The molecule has 4 nitrogen and oxygen atoms in total. The van der Waals surface area contributed by atoms with Crippen molar-refractivity contribution in [2.24, 2.45) is 0 Å². The van der Waals surface area contributed by atoms with Crippen LogP contribution in [0.5, 0.6) is 0 Å². The van der Waals surface area contributed by atoms with Gasteiger partial charge in [0.1, 0.15) is 16.4 Å². The number of hydrogen-bond donors (Lipinski definition) is 0. The van der Waals surface area contributed by atoms with Crippen LogP contribution < -0.4 is 0 Å². The lowest BCUT2D eigenvalue weighted by Crippen LogP contribution is -2.33. The maximum Gasteiger partial charge on any atom is 0.246 e. The Balaban J connectivity index is 3.22. The average molecular weight is 266 g/mol. The second-order valence-electron chi connectivity index (χ2n) is 3.88. The summed E-state index contributed by atoms with van der Waals surface area (Å²) >= 11 is 5.60. The van der Waals surface area contributed by atoms with E-state index in [2.05, 4.69) is 0 Å². The van der Waals surface area contributed by atoms with Crippen LogP contribution in [0.2, 0.25) is 0 Å². The SMILES string of the molecule is Cc1oc(CCl)cc1S(=O)(=O)N(C)C(C)C. The lowest BCUT2D eigenvalue weighted by Gasteiger charge is -2.20. The molecule has 0 aliphatic heterocycles. The topological polar surface area (TPSA) is 50.5 Å². The molecule has 0 aliphatic carbocycles. The van der Waals surface area contributed by atoms with Gasteiger partial charge in [0, 0.05) is 19.2 Å². The Labute approximate surface area is 101 Å². The van der Waals surface area contributed by atoms with Gasteiger partial charge in [-0.1, -0.05) is 0 Å². The fraction of sp³-hybridized carbons (Fsp3) is 0.600. The van der Waals surface area contributed by atoms with E-state index in [1.165, 1.54) is 10.4 Å². The lowest BCUT2D eigenvalue weighted by atomic mass is 10.4. The van der Waals surface area contributed by atoms with Crippen molar-refractivity contribution in [1.29, 1.82) is 0 Å². The van der Waals surface area contributed by atoms with Crippen molar-refractivity contribution >= 4 is 21.6 Å². The van der Waals surface area contributed by atoms with Crippen molar-refractivity contribution in [2.45, 2.75) is 37.6 Å². The third kappa shape index (κ3) is 2.42. The van der Waals surface area contributed by atoms with Crippen LogP contribution in [0, 0.1) is 6.92 Å². The Kier molecular flexibility index (Phi) is 4.04. The number of sulfonamides is 1. The summed E-state index contributed by atoms with van der Waals surface area (Å²) in [5, 5.41) is 0. The molecule has 16 heavy (non-hydrogen) atoms. The highest BCUT2D eigenvalue weighted by Crippen LogP contribution is 2.24. The van der Waals surface area contributed by atoms with Crippen LogP contribution in [0.3, 0.4) is 0 Å². The molecule has 1 rings (SSSR count). The number of furan rings is 1. The molecule has 0 radical (unpaired) electrons.